The molecule has 23 heavy (non-hydrogen) atoms. The first-order valence-corrected chi connectivity index (χ1v) is 7.72. The van der Waals surface area contributed by atoms with E-state index < -0.39 is 0 Å². The molecule has 0 fully saturated rings. The van der Waals surface area contributed by atoms with Crippen LogP contribution < -0.4 is 4.74 Å². The van der Waals surface area contributed by atoms with Crippen LogP contribution in [-0.2, 0) is 11.2 Å². The van der Waals surface area contributed by atoms with E-state index in [1.807, 2.05) is 37.3 Å². The normalized spacial score (nSPS) is 12.6. The topological polar surface area (TPSA) is 38.7 Å². The van der Waals surface area contributed by atoms with Crippen LogP contribution in [0.5, 0.6) is 5.75 Å². The largest absolute Gasteiger partial charge is 0.485 e. The van der Waals surface area contributed by atoms with Crippen molar-refractivity contribution in [2.75, 3.05) is 13.2 Å². The summed E-state index contributed by atoms with van der Waals surface area (Å²) in [7, 11) is 0. The van der Waals surface area contributed by atoms with E-state index in [4.69, 9.17) is 4.74 Å². The van der Waals surface area contributed by atoms with Gasteiger partial charge in [-0.3, -0.25) is 9.79 Å². The lowest BCUT2D eigenvalue weighted by Gasteiger charge is -2.06. The van der Waals surface area contributed by atoms with Crippen LogP contribution in [0.25, 0.3) is 6.08 Å². The number of nitrogens with zero attached hydrogens (tertiary/aromatic N) is 1. The molecule has 2 aromatic carbocycles. The summed E-state index contributed by atoms with van der Waals surface area (Å²) in [6.45, 7) is 2.15. The Morgan fingerprint density at radius 2 is 2.13 bits per heavy atom. The van der Waals surface area contributed by atoms with Crippen LogP contribution in [0, 0.1) is 6.92 Å². The molecule has 1 aliphatic carbocycles. The van der Waals surface area contributed by atoms with Gasteiger partial charge < -0.3 is 4.74 Å². The lowest BCUT2D eigenvalue weighted by molar-refractivity contribution is -0.119. The highest BCUT2D eigenvalue weighted by molar-refractivity contribution is 5.86. The van der Waals surface area contributed by atoms with E-state index in [1.165, 1.54) is 11.1 Å². The third-order valence-electron chi connectivity index (χ3n) is 3.79. The number of fused-ring (bicyclic) bond motifs is 1. The first kappa shape index (κ1) is 15.2. The van der Waals surface area contributed by atoms with E-state index in [2.05, 4.69) is 29.3 Å². The summed E-state index contributed by atoms with van der Waals surface area (Å²) in [6, 6.07) is 13.9. The summed E-state index contributed by atoms with van der Waals surface area (Å²) in [6.07, 6.45) is 7.01. The summed E-state index contributed by atoms with van der Waals surface area (Å²) in [4.78, 5) is 16.1. The zero-order valence-electron chi connectivity index (χ0n) is 13.2. The zero-order chi connectivity index (χ0) is 16.1. The van der Waals surface area contributed by atoms with Crippen molar-refractivity contribution in [3.63, 3.8) is 0 Å². The number of Topliss-reactive ketones (excluding diaryl/α,β-unsaturated/α-hetero) is 1. The van der Waals surface area contributed by atoms with E-state index in [0.717, 1.165) is 23.3 Å². The number of ketones is 1. The van der Waals surface area contributed by atoms with Crippen molar-refractivity contribution >= 4 is 18.1 Å². The standard InChI is InChI=1S/C20H19NO2/c1-15-5-2-3-8-20(15)23-14-19(22)13-21-12-16-9-10-17-6-4-7-18(17)11-16/h2-6,8-12H,7,13-14H2,1H3. The third-order valence-corrected chi connectivity index (χ3v) is 3.79. The summed E-state index contributed by atoms with van der Waals surface area (Å²) in [5, 5.41) is 0. The highest BCUT2D eigenvalue weighted by Crippen LogP contribution is 2.20. The second-order valence-corrected chi connectivity index (χ2v) is 5.63. The van der Waals surface area contributed by atoms with Gasteiger partial charge in [-0.25, -0.2) is 0 Å². The molecule has 0 bridgehead atoms. The van der Waals surface area contributed by atoms with Crippen molar-refractivity contribution in [1.29, 1.82) is 0 Å². The van der Waals surface area contributed by atoms with E-state index in [-0.39, 0.29) is 18.9 Å². The van der Waals surface area contributed by atoms with Crippen LogP contribution in [-0.4, -0.2) is 25.1 Å². The number of benzene rings is 2. The molecular weight excluding hydrogens is 286 g/mol. The maximum Gasteiger partial charge on any atom is 0.191 e. The first-order valence-electron chi connectivity index (χ1n) is 7.72. The Kier molecular flexibility index (Phi) is 4.67. The molecule has 3 heteroatoms. The number of para-hydroxylation sites is 1. The number of hydrogen-bond acceptors (Lipinski definition) is 3. The molecule has 0 N–H and O–H groups in total. The molecule has 0 unspecified atom stereocenters. The van der Waals surface area contributed by atoms with Gasteiger partial charge >= 0.3 is 0 Å². The summed E-state index contributed by atoms with van der Waals surface area (Å²) >= 11 is 0. The van der Waals surface area contributed by atoms with Crippen LogP contribution in [0.3, 0.4) is 0 Å². The van der Waals surface area contributed by atoms with Crippen molar-refractivity contribution in [3.05, 3.63) is 70.8 Å². The minimum absolute atomic E-state index is 0.0349. The summed E-state index contributed by atoms with van der Waals surface area (Å²) in [5.74, 6) is 0.711. The lowest BCUT2D eigenvalue weighted by atomic mass is 10.1. The number of aliphatic imine (C=N–C) groups is 1. The van der Waals surface area contributed by atoms with Gasteiger partial charge in [0, 0.05) is 6.21 Å². The average molecular weight is 305 g/mol. The van der Waals surface area contributed by atoms with Crippen LogP contribution >= 0.6 is 0 Å². The number of carbonyl (C=O) groups is 1. The van der Waals surface area contributed by atoms with Gasteiger partial charge in [-0.1, -0.05) is 42.5 Å². The maximum atomic E-state index is 11.9. The van der Waals surface area contributed by atoms with Gasteiger partial charge in [-0.2, -0.15) is 0 Å². The van der Waals surface area contributed by atoms with E-state index in [9.17, 15) is 4.79 Å². The van der Waals surface area contributed by atoms with Gasteiger partial charge in [-0.05, 0) is 47.7 Å². The molecule has 0 aromatic heterocycles. The zero-order valence-corrected chi connectivity index (χ0v) is 13.2. The van der Waals surface area contributed by atoms with Crippen LogP contribution in [0.15, 0.2) is 53.5 Å². The second kappa shape index (κ2) is 7.05. The van der Waals surface area contributed by atoms with Gasteiger partial charge in [0.25, 0.3) is 0 Å². The summed E-state index contributed by atoms with van der Waals surface area (Å²) < 4.78 is 5.53. The van der Waals surface area contributed by atoms with Crippen molar-refractivity contribution < 1.29 is 9.53 Å². The molecule has 0 heterocycles. The lowest BCUT2D eigenvalue weighted by Crippen LogP contribution is -2.14. The van der Waals surface area contributed by atoms with E-state index in [1.54, 1.807) is 6.21 Å². The molecule has 0 amide bonds. The molecule has 116 valence electrons. The molecule has 0 spiro atoms. The Morgan fingerprint density at radius 3 is 3.00 bits per heavy atom. The number of aryl methyl sites for hydroxylation is 1. The minimum atomic E-state index is -0.0349. The van der Waals surface area contributed by atoms with Crippen molar-refractivity contribution in [2.45, 2.75) is 13.3 Å². The van der Waals surface area contributed by atoms with Crippen LogP contribution in [0.4, 0.5) is 0 Å². The smallest absolute Gasteiger partial charge is 0.191 e. The number of rotatable bonds is 6. The van der Waals surface area contributed by atoms with Gasteiger partial charge in [0.05, 0.1) is 0 Å². The van der Waals surface area contributed by atoms with Crippen molar-refractivity contribution in [1.82, 2.24) is 0 Å². The molecule has 3 rings (SSSR count). The maximum absolute atomic E-state index is 11.9. The molecule has 0 radical (unpaired) electrons. The highest BCUT2D eigenvalue weighted by atomic mass is 16.5. The molecule has 0 atom stereocenters. The number of carbonyl (C=O) groups excluding carboxylic acids is 1. The Morgan fingerprint density at radius 1 is 1.26 bits per heavy atom. The second-order valence-electron chi connectivity index (χ2n) is 5.63. The van der Waals surface area contributed by atoms with Crippen LogP contribution in [0.1, 0.15) is 22.3 Å². The van der Waals surface area contributed by atoms with Gasteiger partial charge in [-0.15, -0.1) is 0 Å². The van der Waals surface area contributed by atoms with E-state index in [0.29, 0.717) is 0 Å². The third kappa shape index (κ3) is 3.95. The number of hydrogen-bond donors (Lipinski definition) is 0. The molecule has 0 saturated heterocycles. The first-order chi connectivity index (χ1) is 11.2. The quantitative estimate of drug-likeness (QED) is 0.764. The minimum Gasteiger partial charge on any atom is -0.485 e. The number of ether oxygens (including phenoxy) is 1. The molecule has 0 saturated carbocycles. The van der Waals surface area contributed by atoms with Gasteiger partial charge in [0.2, 0.25) is 0 Å². The Hall–Kier alpha value is -2.68. The Balaban J connectivity index is 1.50. The van der Waals surface area contributed by atoms with Crippen molar-refractivity contribution in [3.8, 4) is 5.75 Å². The molecule has 3 nitrogen and oxygen atoms in total. The average Bonchev–Trinajstić information content (AvgIpc) is 3.02. The fourth-order valence-electron chi connectivity index (χ4n) is 2.53. The van der Waals surface area contributed by atoms with Crippen molar-refractivity contribution in [2.24, 2.45) is 4.99 Å². The highest BCUT2D eigenvalue weighted by Gasteiger charge is 2.05. The van der Waals surface area contributed by atoms with Crippen LogP contribution in [0.2, 0.25) is 0 Å². The predicted octanol–water partition coefficient (Wildman–Crippen LogP) is 3.63. The van der Waals surface area contributed by atoms with Gasteiger partial charge in [0.15, 0.2) is 5.78 Å². The predicted molar refractivity (Wildman–Crippen MR) is 93.3 cm³/mol. The molecule has 0 aliphatic heterocycles. The number of allylic oxidation sites excluding steroid dienone is 1. The van der Waals surface area contributed by atoms with E-state index >= 15 is 0 Å². The Labute approximate surface area is 136 Å². The fraction of sp³-hybridized carbons (Fsp3) is 0.200. The summed E-state index contributed by atoms with van der Waals surface area (Å²) in [5.41, 5.74) is 4.63. The molecule has 1 aliphatic rings. The fourth-order valence-corrected chi connectivity index (χ4v) is 2.53. The SMILES string of the molecule is Cc1ccccc1OCC(=O)CN=Cc1ccc2c(c1)CC=C2. The molecule has 2 aromatic rings. The molecular formula is C20H19NO2. The monoisotopic (exact) mass is 305 g/mol. The Bertz CT molecular complexity index is 775. The van der Waals surface area contributed by atoms with Gasteiger partial charge in [0.1, 0.15) is 18.9 Å².